The molecule has 0 aliphatic carbocycles. The number of furan rings is 1. The Labute approximate surface area is 131 Å². The van der Waals surface area contributed by atoms with Crippen LogP contribution in [0, 0.1) is 24.0 Å². The lowest BCUT2D eigenvalue weighted by Gasteiger charge is -2.06. The average molecular weight is 318 g/mol. The van der Waals surface area contributed by atoms with Crippen LogP contribution in [0.4, 0.5) is 11.4 Å². The molecule has 1 aromatic carbocycles. The molecule has 23 heavy (non-hydrogen) atoms. The lowest BCUT2D eigenvalue weighted by molar-refractivity contribution is -0.383. The van der Waals surface area contributed by atoms with E-state index < -0.39 is 23.4 Å². The van der Waals surface area contributed by atoms with Crippen molar-refractivity contribution in [2.45, 2.75) is 13.8 Å². The highest BCUT2D eigenvalue weighted by Crippen LogP contribution is 2.23. The number of anilines is 1. The van der Waals surface area contributed by atoms with Gasteiger partial charge in [0, 0.05) is 6.07 Å². The third-order valence-corrected chi connectivity index (χ3v) is 2.97. The van der Waals surface area contributed by atoms with E-state index in [9.17, 15) is 19.7 Å². The van der Waals surface area contributed by atoms with Crippen LogP contribution in [0.1, 0.15) is 21.9 Å². The number of aryl methyl sites for hydroxylation is 2. The first-order chi connectivity index (χ1) is 10.9. The third kappa shape index (κ3) is 3.94. The number of nitrogens with zero attached hydrogens (tertiary/aromatic N) is 1. The standard InChI is InChI=1S/C15H14N2O6/c1-9-7-11(10(2)23-9)15(19)22-8-14(18)16-12-5-3-4-6-13(12)17(20)21/h3-7H,8H2,1-2H3,(H,16,18). The van der Waals surface area contributed by atoms with Crippen LogP contribution < -0.4 is 5.32 Å². The molecule has 0 atom stereocenters. The van der Waals surface area contributed by atoms with E-state index in [1.807, 2.05) is 0 Å². The normalized spacial score (nSPS) is 10.2. The van der Waals surface area contributed by atoms with Gasteiger partial charge in [0.1, 0.15) is 22.8 Å². The predicted octanol–water partition coefficient (Wildman–Crippen LogP) is 2.60. The number of nitrogens with one attached hydrogen (secondary N) is 1. The molecule has 2 rings (SSSR count). The molecule has 1 N–H and O–H groups in total. The first-order valence-electron chi connectivity index (χ1n) is 6.66. The molecule has 8 heteroatoms. The number of hydrogen-bond acceptors (Lipinski definition) is 6. The summed E-state index contributed by atoms with van der Waals surface area (Å²) in [5.74, 6) is -0.423. The Morgan fingerprint density at radius 3 is 2.61 bits per heavy atom. The number of benzene rings is 1. The summed E-state index contributed by atoms with van der Waals surface area (Å²) in [6.45, 7) is 2.73. The van der Waals surface area contributed by atoms with Gasteiger partial charge in [0.25, 0.3) is 11.6 Å². The Hall–Kier alpha value is -3.16. The number of ether oxygens (including phenoxy) is 1. The maximum atomic E-state index is 11.8. The molecule has 0 fully saturated rings. The highest BCUT2D eigenvalue weighted by Gasteiger charge is 2.18. The van der Waals surface area contributed by atoms with Gasteiger partial charge in [0.15, 0.2) is 6.61 Å². The molecular weight excluding hydrogens is 304 g/mol. The largest absolute Gasteiger partial charge is 0.466 e. The number of amides is 1. The van der Waals surface area contributed by atoms with Crippen LogP contribution in [0.2, 0.25) is 0 Å². The van der Waals surface area contributed by atoms with Crippen LogP contribution >= 0.6 is 0 Å². The first-order valence-corrected chi connectivity index (χ1v) is 6.66. The number of nitro groups is 1. The number of rotatable bonds is 5. The maximum absolute atomic E-state index is 11.8. The molecule has 0 bridgehead atoms. The fourth-order valence-corrected chi connectivity index (χ4v) is 1.97. The van der Waals surface area contributed by atoms with E-state index in [1.54, 1.807) is 19.9 Å². The number of hydrogen-bond donors (Lipinski definition) is 1. The van der Waals surface area contributed by atoms with Gasteiger partial charge in [-0.2, -0.15) is 0 Å². The van der Waals surface area contributed by atoms with Crippen LogP contribution in [0.25, 0.3) is 0 Å². The second kappa shape index (κ2) is 6.73. The molecule has 1 heterocycles. The van der Waals surface area contributed by atoms with Crippen molar-refractivity contribution in [1.29, 1.82) is 0 Å². The van der Waals surface area contributed by atoms with Crippen molar-refractivity contribution in [2.24, 2.45) is 0 Å². The van der Waals surface area contributed by atoms with Crippen molar-refractivity contribution in [1.82, 2.24) is 0 Å². The topological polar surface area (TPSA) is 112 Å². The molecule has 8 nitrogen and oxygen atoms in total. The fraction of sp³-hybridized carbons (Fsp3) is 0.200. The second-order valence-corrected chi connectivity index (χ2v) is 4.73. The molecule has 0 saturated carbocycles. The number of esters is 1. The van der Waals surface area contributed by atoms with Gasteiger partial charge in [-0.3, -0.25) is 14.9 Å². The Balaban J connectivity index is 1.97. The van der Waals surface area contributed by atoms with Gasteiger partial charge >= 0.3 is 5.97 Å². The monoisotopic (exact) mass is 318 g/mol. The Kier molecular flexibility index (Phi) is 4.75. The van der Waals surface area contributed by atoms with Crippen LogP contribution in [-0.4, -0.2) is 23.4 Å². The van der Waals surface area contributed by atoms with Crippen molar-refractivity contribution >= 4 is 23.3 Å². The van der Waals surface area contributed by atoms with E-state index in [-0.39, 0.29) is 16.9 Å². The summed E-state index contributed by atoms with van der Waals surface area (Å²) in [7, 11) is 0. The zero-order chi connectivity index (χ0) is 17.0. The van der Waals surface area contributed by atoms with Gasteiger partial charge < -0.3 is 14.5 Å². The number of nitro benzene ring substituents is 1. The Morgan fingerprint density at radius 2 is 2.00 bits per heavy atom. The van der Waals surface area contributed by atoms with E-state index in [4.69, 9.17) is 9.15 Å². The summed E-state index contributed by atoms with van der Waals surface area (Å²) < 4.78 is 10.1. The lowest BCUT2D eigenvalue weighted by Crippen LogP contribution is -2.21. The highest BCUT2D eigenvalue weighted by atomic mass is 16.6. The van der Waals surface area contributed by atoms with E-state index in [1.165, 1.54) is 24.3 Å². The summed E-state index contributed by atoms with van der Waals surface area (Å²) in [5.41, 5.74) is 0.0309. The zero-order valence-electron chi connectivity index (χ0n) is 12.5. The maximum Gasteiger partial charge on any atom is 0.342 e. The van der Waals surface area contributed by atoms with E-state index in [0.717, 1.165) is 0 Å². The van der Waals surface area contributed by atoms with E-state index in [0.29, 0.717) is 11.5 Å². The second-order valence-electron chi connectivity index (χ2n) is 4.73. The molecule has 0 aliphatic heterocycles. The van der Waals surface area contributed by atoms with Crippen molar-refractivity contribution in [3.63, 3.8) is 0 Å². The molecule has 0 aliphatic rings. The van der Waals surface area contributed by atoms with Gasteiger partial charge in [0.05, 0.1) is 4.92 Å². The minimum atomic E-state index is -0.697. The molecule has 1 aromatic heterocycles. The molecule has 1 amide bonds. The third-order valence-electron chi connectivity index (χ3n) is 2.97. The summed E-state index contributed by atoms with van der Waals surface area (Å²) in [4.78, 5) is 33.9. The first kappa shape index (κ1) is 16.2. The van der Waals surface area contributed by atoms with Gasteiger partial charge in [-0.05, 0) is 26.0 Å². The van der Waals surface area contributed by atoms with Gasteiger partial charge in [-0.15, -0.1) is 0 Å². The van der Waals surface area contributed by atoms with E-state index >= 15 is 0 Å². The van der Waals surface area contributed by atoms with Crippen molar-refractivity contribution in [3.05, 3.63) is 57.5 Å². The zero-order valence-corrected chi connectivity index (χ0v) is 12.5. The molecule has 0 saturated heterocycles. The molecule has 120 valence electrons. The van der Waals surface area contributed by atoms with Crippen molar-refractivity contribution in [3.8, 4) is 0 Å². The number of carbonyl (C=O) groups is 2. The SMILES string of the molecule is Cc1cc(C(=O)OCC(=O)Nc2ccccc2[N+](=O)[O-])c(C)o1. The summed E-state index contributed by atoms with van der Waals surface area (Å²) in [6.07, 6.45) is 0. The number of para-hydroxylation sites is 2. The smallest absolute Gasteiger partial charge is 0.342 e. The molecule has 0 spiro atoms. The minimum Gasteiger partial charge on any atom is -0.466 e. The van der Waals surface area contributed by atoms with E-state index in [2.05, 4.69) is 5.32 Å². The highest BCUT2D eigenvalue weighted by molar-refractivity contribution is 5.97. The van der Waals surface area contributed by atoms with Gasteiger partial charge in [-0.25, -0.2) is 4.79 Å². The van der Waals surface area contributed by atoms with Crippen molar-refractivity contribution in [2.75, 3.05) is 11.9 Å². The average Bonchev–Trinajstić information content (AvgIpc) is 2.84. The Bertz CT molecular complexity index is 765. The van der Waals surface area contributed by atoms with Crippen LogP contribution in [-0.2, 0) is 9.53 Å². The van der Waals surface area contributed by atoms with Crippen LogP contribution in [0.3, 0.4) is 0 Å². The summed E-state index contributed by atoms with van der Waals surface area (Å²) in [6, 6.07) is 7.20. The summed E-state index contributed by atoms with van der Waals surface area (Å²) >= 11 is 0. The lowest BCUT2D eigenvalue weighted by atomic mass is 10.2. The van der Waals surface area contributed by atoms with Crippen LogP contribution in [0.15, 0.2) is 34.7 Å². The quantitative estimate of drug-likeness (QED) is 0.515. The molecule has 0 radical (unpaired) electrons. The summed E-state index contributed by atoms with van der Waals surface area (Å²) in [5, 5.41) is 13.2. The van der Waals surface area contributed by atoms with Crippen molar-refractivity contribution < 1.29 is 23.7 Å². The number of carbonyl (C=O) groups excluding carboxylic acids is 2. The molecule has 2 aromatic rings. The van der Waals surface area contributed by atoms with Gasteiger partial charge in [-0.1, -0.05) is 12.1 Å². The molecular formula is C15H14N2O6. The van der Waals surface area contributed by atoms with Crippen LogP contribution in [0.5, 0.6) is 0 Å². The predicted molar refractivity (Wildman–Crippen MR) is 80.2 cm³/mol. The molecule has 0 unspecified atom stereocenters. The fourth-order valence-electron chi connectivity index (χ4n) is 1.97. The Morgan fingerprint density at radius 1 is 1.30 bits per heavy atom. The van der Waals surface area contributed by atoms with Gasteiger partial charge in [0.2, 0.25) is 0 Å². The minimum absolute atomic E-state index is 0.0360.